The summed E-state index contributed by atoms with van der Waals surface area (Å²) in [5, 5.41) is -0.0921. The van der Waals surface area contributed by atoms with Gasteiger partial charge in [0.2, 0.25) is 0 Å². The zero-order chi connectivity index (χ0) is 16.6. The number of benzene rings is 2. The predicted molar refractivity (Wildman–Crippen MR) is 75.5 cm³/mol. The van der Waals surface area contributed by atoms with Gasteiger partial charge in [-0.05, 0) is 24.3 Å². The van der Waals surface area contributed by atoms with E-state index in [0.29, 0.717) is 11.1 Å². The van der Waals surface area contributed by atoms with E-state index in [1.807, 2.05) is 0 Å². The first-order chi connectivity index (χ1) is 10.8. The number of halogens is 4. The summed E-state index contributed by atoms with van der Waals surface area (Å²) >= 11 is -1.68. The fraction of sp³-hybridized carbons (Fsp3) is 0.133. The predicted octanol–water partition coefficient (Wildman–Crippen LogP) is 4.29. The Morgan fingerprint density at radius 2 is 1.78 bits per heavy atom. The van der Waals surface area contributed by atoms with Crippen molar-refractivity contribution >= 4 is 22.3 Å². The van der Waals surface area contributed by atoms with E-state index in [0.717, 1.165) is 18.2 Å². The van der Waals surface area contributed by atoms with Gasteiger partial charge in [-0.2, -0.15) is 18.2 Å². The lowest BCUT2D eigenvalue weighted by molar-refractivity contribution is -0.137. The molecule has 0 radical (unpaired) electrons. The largest absolute Gasteiger partial charge is 0.607 e. The van der Waals surface area contributed by atoms with Crippen LogP contribution in [0.2, 0.25) is 0 Å². The van der Waals surface area contributed by atoms with Gasteiger partial charge in [-0.15, -0.1) is 0 Å². The Bertz CT molecular complexity index is 830. The molecule has 0 amide bonds. The minimum absolute atomic E-state index is 0.0482. The number of rotatable bonds is 3. The molecule has 0 aliphatic carbocycles. The van der Waals surface area contributed by atoms with Crippen LogP contribution in [0.15, 0.2) is 52.1 Å². The van der Waals surface area contributed by atoms with Crippen LogP contribution in [0.1, 0.15) is 11.1 Å². The van der Waals surface area contributed by atoms with Crippen molar-refractivity contribution in [2.24, 2.45) is 0 Å². The molecule has 8 heteroatoms. The van der Waals surface area contributed by atoms with Crippen molar-refractivity contribution in [2.45, 2.75) is 17.2 Å². The van der Waals surface area contributed by atoms with Crippen LogP contribution in [0.4, 0.5) is 17.6 Å². The smallest absolute Gasteiger partial charge is 0.416 e. The van der Waals surface area contributed by atoms with Crippen molar-refractivity contribution in [2.75, 3.05) is 0 Å². The number of hydrogen-bond donors (Lipinski definition) is 0. The van der Waals surface area contributed by atoms with E-state index in [-0.39, 0.29) is 16.5 Å². The van der Waals surface area contributed by atoms with Crippen molar-refractivity contribution in [3.8, 4) is 0 Å². The lowest BCUT2D eigenvalue weighted by Crippen LogP contribution is -2.07. The standard InChI is InChI=1S/C15H9F4NO2S/c16-11-5-6-13-12(7-11)20-14(22-13)23(21)8-9-1-3-10(4-2-9)15(17,18)19/h1-7H,8H2. The third-order valence-electron chi connectivity index (χ3n) is 3.10. The Labute approximate surface area is 131 Å². The van der Waals surface area contributed by atoms with Crippen molar-refractivity contribution in [1.82, 2.24) is 4.98 Å². The number of oxazole rings is 1. The summed E-state index contributed by atoms with van der Waals surface area (Å²) in [7, 11) is 0. The van der Waals surface area contributed by atoms with Crippen molar-refractivity contribution in [3.63, 3.8) is 0 Å². The van der Waals surface area contributed by atoms with E-state index in [9.17, 15) is 22.1 Å². The summed E-state index contributed by atoms with van der Waals surface area (Å²) in [5.41, 5.74) is 0.206. The van der Waals surface area contributed by atoms with Crippen LogP contribution in [0, 0.1) is 5.82 Å². The van der Waals surface area contributed by atoms with Gasteiger partial charge in [0.15, 0.2) is 5.58 Å². The average Bonchev–Trinajstić information content (AvgIpc) is 2.90. The highest BCUT2D eigenvalue weighted by Gasteiger charge is 2.30. The first kappa shape index (κ1) is 15.8. The third-order valence-corrected chi connectivity index (χ3v) is 4.26. The average molecular weight is 343 g/mol. The lowest BCUT2D eigenvalue weighted by Gasteiger charge is -2.08. The monoisotopic (exact) mass is 343 g/mol. The first-order valence-electron chi connectivity index (χ1n) is 6.43. The van der Waals surface area contributed by atoms with Crippen LogP contribution in [0.5, 0.6) is 0 Å². The summed E-state index contributed by atoms with van der Waals surface area (Å²) in [6.45, 7) is 0. The van der Waals surface area contributed by atoms with Gasteiger partial charge in [0, 0.05) is 11.6 Å². The maximum Gasteiger partial charge on any atom is 0.416 e. The van der Waals surface area contributed by atoms with E-state index >= 15 is 0 Å². The molecule has 0 aliphatic heterocycles. The summed E-state index contributed by atoms with van der Waals surface area (Å²) in [4.78, 5) is 3.94. The Balaban J connectivity index is 1.78. The van der Waals surface area contributed by atoms with Crippen LogP contribution in [-0.4, -0.2) is 9.54 Å². The molecule has 1 atom stereocenters. The van der Waals surface area contributed by atoms with Gasteiger partial charge in [-0.25, -0.2) is 4.39 Å². The molecule has 3 aromatic rings. The fourth-order valence-corrected chi connectivity index (χ4v) is 2.98. The molecular formula is C15H9F4NO2S. The van der Waals surface area contributed by atoms with Gasteiger partial charge in [-0.1, -0.05) is 12.1 Å². The molecule has 3 nitrogen and oxygen atoms in total. The summed E-state index contributed by atoms with van der Waals surface area (Å²) in [6.07, 6.45) is -4.41. The van der Waals surface area contributed by atoms with E-state index in [4.69, 9.17) is 4.42 Å². The second kappa shape index (κ2) is 5.86. The Morgan fingerprint density at radius 1 is 1.09 bits per heavy atom. The molecule has 0 fully saturated rings. The maximum atomic E-state index is 13.1. The van der Waals surface area contributed by atoms with E-state index in [1.54, 1.807) is 0 Å². The molecule has 0 bridgehead atoms. The van der Waals surface area contributed by atoms with Crippen LogP contribution in [0.25, 0.3) is 11.1 Å². The summed E-state index contributed by atoms with van der Waals surface area (Å²) in [5.74, 6) is -0.543. The highest BCUT2D eigenvalue weighted by molar-refractivity contribution is 7.90. The van der Waals surface area contributed by atoms with Crippen molar-refractivity contribution in [1.29, 1.82) is 0 Å². The minimum Gasteiger partial charge on any atom is -0.607 e. The van der Waals surface area contributed by atoms with Gasteiger partial charge in [0.25, 0.3) is 0 Å². The number of hydrogen-bond acceptors (Lipinski definition) is 3. The highest BCUT2D eigenvalue weighted by atomic mass is 32.2. The molecule has 0 spiro atoms. The number of nitrogens with zero attached hydrogens (tertiary/aromatic N) is 1. The Morgan fingerprint density at radius 3 is 2.43 bits per heavy atom. The summed E-state index contributed by atoms with van der Waals surface area (Å²) in [6, 6.07) is 8.07. The van der Waals surface area contributed by atoms with Crippen molar-refractivity contribution in [3.05, 3.63) is 59.4 Å². The topological polar surface area (TPSA) is 49.1 Å². The quantitative estimate of drug-likeness (QED) is 0.526. The van der Waals surface area contributed by atoms with Gasteiger partial charge >= 0.3 is 11.4 Å². The second-order valence-electron chi connectivity index (χ2n) is 4.78. The maximum absolute atomic E-state index is 13.1. The molecule has 23 heavy (non-hydrogen) atoms. The number of alkyl halides is 3. The van der Waals surface area contributed by atoms with Gasteiger partial charge in [0.05, 0.1) is 16.7 Å². The van der Waals surface area contributed by atoms with Crippen LogP contribution < -0.4 is 0 Å². The molecule has 0 aliphatic rings. The second-order valence-corrected chi connectivity index (χ2v) is 6.11. The number of aromatic nitrogens is 1. The lowest BCUT2D eigenvalue weighted by atomic mass is 10.1. The van der Waals surface area contributed by atoms with Crippen LogP contribution in [-0.2, 0) is 23.1 Å². The molecule has 2 aromatic carbocycles. The molecule has 1 heterocycles. The van der Waals surface area contributed by atoms with Crippen LogP contribution in [0.3, 0.4) is 0 Å². The first-order valence-corrected chi connectivity index (χ1v) is 7.75. The van der Waals surface area contributed by atoms with E-state index in [2.05, 4.69) is 4.98 Å². The third kappa shape index (κ3) is 3.48. The molecule has 0 N–H and O–H groups in total. The summed E-state index contributed by atoms with van der Waals surface area (Å²) < 4.78 is 68.0. The SMILES string of the molecule is [O-][S+](Cc1ccc(C(F)(F)F)cc1)c1nc2cc(F)ccc2o1. The Kier molecular flexibility index (Phi) is 4.03. The van der Waals surface area contributed by atoms with Gasteiger partial charge in [-0.3, -0.25) is 0 Å². The van der Waals surface area contributed by atoms with E-state index in [1.165, 1.54) is 24.3 Å². The molecule has 120 valence electrons. The molecule has 3 rings (SSSR count). The van der Waals surface area contributed by atoms with Gasteiger partial charge in [0.1, 0.15) is 17.1 Å². The number of fused-ring (bicyclic) bond motifs is 1. The molecule has 0 saturated heterocycles. The zero-order valence-electron chi connectivity index (χ0n) is 11.4. The van der Waals surface area contributed by atoms with Crippen LogP contribution >= 0.6 is 0 Å². The Hall–Kier alpha value is -2.06. The normalized spacial score (nSPS) is 13.4. The molecule has 1 unspecified atom stereocenters. The minimum atomic E-state index is -4.41. The zero-order valence-corrected chi connectivity index (χ0v) is 12.2. The molecular weight excluding hydrogens is 334 g/mol. The highest BCUT2D eigenvalue weighted by Crippen LogP contribution is 2.29. The van der Waals surface area contributed by atoms with Gasteiger partial charge < -0.3 is 8.97 Å². The molecule has 1 aromatic heterocycles. The molecule has 0 saturated carbocycles. The van der Waals surface area contributed by atoms with Crippen molar-refractivity contribution < 1.29 is 26.5 Å². The fourth-order valence-electron chi connectivity index (χ4n) is 1.98. The van der Waals surface area contributed by atoms with E-state index < -0.39 is 28.7 Å².